The van der Waals surface area contributed by atoms with Gasteiger partial charge in [0.15, 0.2) is 11.5 Å². The highest BCUT2D eigenvalue weighted by atomic mass is 16.5. The summed E-state index contributed by atoms with van der Waals surface area (Å²) in [7, 11) is 4.13. The van der Waals surface area contributed by atoms with E-state index in [1.54, 1.807) is 0 Å². The van der Waals surface area contributed by atoms with Crippen molar-refractivity contribution in [3.63, 3.8) is 0 Å². The molecule has 27 heavy (non-hydrogen) atoms. The molecule has 0 saturated carbocycles. The van der Waals surface area contributed by atoms with Crippen LogP contribution in [0.2, 0.25) is 0 Å². The molecular weight excluding hydrogens is 340 g/mol. The molecule has 1 heterocycles. The number of fused-ring (bicyclic) bond motifs is 1. The lowest BCUT2D eigenvalue weighted by Crippen LogP contribution is -3.06. The van der Waals surface area contributed by atoms with Crippen LogP contribution in [0, 0.1) is 0 Å². The topological polar surface area (TPSA) is 52.0 Å². The molecule has 3 rings (SSSR count). The van der Waals surface area contributed by atoms with Crippen molar-refractivity contribution in [3.8, 4) is 11.5 Å². The second-order valence-electron chi connectivity index (χ2n) is 7.98. The maximum absolute atomic E-state index is 12.1. The van der Waals surface area contributed by atoms with E-state index in [1.165, 1.54) is 10.5 Å². The average Bonchev–Trinajstić information content (AvgIpc) is 2.94. The van der Waals surface area contributed by atoms with Crippen LogP contribution in [-0.4, -0.2) is 38.7 Å². The monoisotopic (exact) mass is 369 g/mol. The number of ether oxygens (including phenoxy) is 2. The Hall–Kier alpha value is -2.53. The minimum atomic E-state index is -0.190. The number of carbonyl (C=O) groups excluding carboxylic acids is 1. The van der Waals surface area contributed by atoms with Gasteiger partial charge >= 0.3 is 0 Å². The van der Waals surface area contributed by atoms with Crippen molar-refractivity contribution in [1.29, 1.82) is 0 Å². The van der Waals surface area contributed by atoms with Crippen LogP contribution in [0.5, 0.6) is 11.5 Å². The standard InChI is InChI=1S/C22H28N2O3/c1-22(2)14-18-6-5-7-19(20(18)27-22)26-15-16-8-10-17(11-9-16)21(25)23-12-13-24(3)4/h5-11H,12-15H2,1-4H3,(H,23,25)/p+1. The number of nitrogens with one attached hydrogen (secondary N) is 2. The van der Waals surface area contributed by atoms with E-state index in [4.69, 9.17) is 9.47 Å². The number of carbonyl (C=O) groups is 1. The van der Waals surface area contributed by atoms with E-state index in [1.807, 2.05) is 36.4 Å². The molecule has 0 fully saturated rings. The second kappa shape index (κ2) is 8.01. The minimum Gasteiger partial charge on any atom is -0.485 e. The van der Waals surface area contributed by atoms with E-state index in [0.29, 0.717) is 18.7 Å². The first-order valence-electron chi connectivity index (χ1n) is 9.44. The quantitative estimate of drug-likeness (QED) is 0.783. The van der Waals surface area contributed by atoms with Crippen LogP contribution in [0.4, 0.5) is 0 Å². The van der Waals surface area contributed by atoms with Crippen molar-refractivity contribution in [3.05, 3.63) is 59.2 Å². The normalized spacial score (nSPS) is 14.6. The third-order valence-electron chi connectivity index (χ3n) is 4.58. The minimum absolute atomic E-state index is 0.0415. The van der Waals surface area contributed by atoms with Gasteiger partial charge in [-0.1, -0.05) is 24.3 Å². The van der Waals surface area contributed by atoms with Crippen LogP contribution >= 0.6 is 0 Å². The first-order valence-corrected chi connectivity index (χ1v) is 9.44. The number of likely N-dealkylation sites (N-methyl/N-ethyl adjacent to an activating group) is 1. The summed E-state index contributed by atoms with van der Waals surface area (Å²) in [5.74, 6) is 1.58. The second-order valence-corrected chi connectivity index (χ2v) is 7.98. The Morgan fingerprint density at radius 2 is 1.93 bits per heavy atom. The first kappa shape index (κ1) is 19.2. The van der Waals surface area contributed by atoms with Crippen molar-refractivity contribution in [2.75, 3.05) is 27.2 Å². The third kappa shape index (κ3) is 5.01. The van der Waals surface area contributed by atoms with Gasteiger partial charge in [-0.25, -0.2) is 0 Å². The molecule has 0 saturated heterocycles. The van der Waals surface area contributed by atoms with E-state index in [0.717, 1.165) is 30.0 Å². The van der Waals surface area contributed by atoms with Gasteiger partial charge in [0.2, 0.25) is 0 Å². The van der Waals surface area contributed by atoms with E-state index >= 15 is 0 Å². The average molecular weight is 369 g/mol. The van der Waals surface area contributed by atoms with Gasteiger partial charge in [0, 0.05) is 17.5 Å². The predicted octanol–water partition coefficient (Wildman–Crippen LogP) is 1.85. The van der Waals surface area contributed by atoms with Gasteiger partial charge in [-0.15, -0.1) is 0 Å². The molecule has 0 unspecified atom stereocenters. The van der Waals surface area contributed by atoms with Crippen LogP contribution in [0.25, 0.3) is 0 Å². The highest BCUT2D eigenvalue weighted by Crippen LogP contribution is 2.41. The zero-order valence-electron chi connectivity index (χ0n) is 16.6. The Bertz CT molecular complexity index is 798. The maximum Gasteiger partial charge on any atom is 0.251 e. The molecule has 5 nitrogen and oxygen atoms in total. The fraction of sp³-hybridized carbons (Fsp3) is 0.409. The Morgan fingerprint density at radius 3 is 2.63 bits per heavy atom. The van der Waals surface area contributed by atoms with E-state index in [2.05, 4.69) is 39.3 Å². The van der Waals surface area contributed by atoms with Gasteiger partial charge in [-0.2, -0.15) is 0 Å². The number of amides is 1. The number of rotatable bonds is 7. The van der Waals surface area contributed by atoms with Crippen molar-refractivity contribution >= 4 is 5.91 Å². The van der Waals surface area contributed by atoms with Gasteiger partial charge in [0.25, 0.3) is 5.91 Å². The Kier molecular flexibility index (Phi) is 5.71. The third-order valence-corrected chi connectivity index (χ3v) is 4.58. The zero-order chi connectivity index (χ0) is 19.4. The lowest BCUT2D eigenvalue weighted by Gasteiger charge is -2.18. The van der Waals surface area contributed by atoms with Crippen LogP contribution < -0.4 is 19.7 Å². The molecule has 2 aromatic carbocycles. The van der Waals surface area contributed by atoms with Crippen molar-refractivity contribution in [2.24, 2.45) is 0 Å². The number of benzene rings is 2. The number of para-hydroxylation sites is 1. The van der Waals surface area contributed by atoms with E-state index in [9.17, 15) is 4.79 Å². The number of hydrogen-bond donors (Lipinski definition) is 2. The van der Waals surface area contributed by atoms with Gasteiger partial charge in [-0.05, 0) is 37.6 Å². The maximum atomic E-state index is 12.1. The van der Waals surface area contributed by atoms with Gasteiger partial charge in [0.05, 0.1) is 27.2 Å². The van der Waals surface area contributed by atoms with Crippen molar-refractivity contribution < 1.29 is 19.2 Å². The summed E-state index contributed by atoms with van der Waals surface area (Å²) in [6.07, 6.45) is 0.888. The van der Waals surface area contributed by atoms with Crippen LogP contribution in [0.1, 0.15) is 35.3 Å². The summed E-state index contributed by atoms with van der Waals surface area (Å²) in [6, 6.07) is 13.6. The number of quaternary nitrogens is 1. The summed E-state index contributed by atoms with van der Waals surface area (Å²) in [4.78, 5) is 13.4. The molecule has 0 spiro atoms. The molecule has 0 bridgehead atoms. The highest BCUT2D eigenvalue weighted by Gasteiger charge is 2.32. The molecule has 0 radical (unpaired) electrons. The van der Waals surface area contributed by atoms with Gasteiger partial charge in [0.1, 0.15) is 12.2 Å². The molecule has 1 amide bonds. The SMILES string of the molecule is C[NH+](C)CCNC(=O)c1ccc(COc2cccc3c2OC(C)(C)C3)cc1. The molecule has 0 aromatic heterocycles. The summed E-state index contributed by atoms with van der Waals surface area (Å²) >= 11 is 0. The van der Waals surface area contributed by atoms with Crippen LogP contribution in [0.3, 0.4) is 0 Å². The first-order chi connectivity index (χ1) is 12.8. The zero-order valence-corrected chi connectivity index (χ0v) is 16.6. The lowest BCUT2D eigenvalue weighted by molar-refractivity contribution is -0.856. The van der Waals surface area contributed by atoms with Crippen LogP contribution in [0.15, 0.2) is 42.5 Å². The number of hydrogen-bond acceptors (Lipinski definition) is 3. The van der Waals surface area contributed by atoms with Gasteiger partial charge < -0.3 is 19.7 Å². The molecule has 0 aliphatic carbocycles. The van der Waals surface area contributed by atoms with Crippen molar-refractivity contribution in [2.45, 2.75) is 32.5 Å². The Balaban J connectivity index is 1.57. The molecule has 2 N–H and O–H groups in total. The van der Waals surface area contributed by atoms with Crippen molar-refractivity contribution in [1.82, 2.24) is 5.32 Å². The summed E-state index contributed by atoms with van der Waals surface area (Å²) in [6.45, 7) is 6.17. The Morgan fingerprint density at radius 1 is 1.19 bits per heavy atom. The predicted molar refractivity (Wildman–Crippen MR) is 106 cm³/mol. The fourth-order valence-electron chi connectivity index (χ4n) is 3.14. The fourth-order valence-corrected chi connectivity index (χ4v) is 3.14. The molecule has 1 aliphatic heterocycles. The largest absolute Gasteiger partial charge is 0.485 e. The van der Waals surface area contributed by atoms with E-state index in [-0.39, 0.29) is 11.5 Å². The Labute approximate surface area is 161 Å². The highest BCUT2D eigenvalue weighted by molar-refractivity contribution is 5.94. The smallest absolute Gasteiger partial charge is 0.251 e. The molecular formula is C22H29N2O3+. The summed E-state index contributed by atoms with van der Waals surface area (Å²) in [5.41, 5.74) is 2.67. The summed E-state index contributed by atoms with van der Waals surface area (Å²) < 4.78 is 12.0. The molecule has 2 aromatic rings. The molecule has 5 heteroatoms. The lowest BCUT2D eigenvalue weighted by atomic mass is 10.0. The molecule has 1 aliphatic rings. The van der Waals surface area contributed by atoms with Gasteiger partial charge in [-0.3, -0.25) is 4.79 Å². The molecule has 0 atom stereocenters. The van der Waals surface area contributed by atoms with E-state index < -0.39 is 0 Å². The van der Waals surface area contributed by atoms with Crippen LogP contribution in [-0.2, 0) is 13.0 Å². The molecule has 144 valence electrons. The summed E-state index contributed by atoms with van der Waals surface area (Å²) in [5, 5.41) is 2.94.